The summed E-state index contributed by atoms with van der Waals surface area (Å²) in [5, 5.41) is 8.98. The molecule has 11 heavy (non-hydrogen) atoms. The van der Waals surface area contributed by atoms with Crippen molar-refractivity contribution >= 4 is 0 Å². The molecule has 3 fully saturated rings. The van der Waals surface area contributed by atoms with Gasteiger partial charge in [0.25, 0.3) is 0 Å². The first kappa shape index (κ1) is 6.02. The largest absolute Gasteiger partial charge is 0.369 e. The Bertz CT molecular complexity index is 257. The first-order chi connectivity index (χ1) is 5.24. The molecule has 2 aliphatic carbocycles. The second kappa shape index (κ2) is 1.47. The summed E-state index contributed by atoms with van der Waals surface area (Å²) in [4.78, 5) is 0. The van der Waals surface area contributed by atoms with E-state index in [0.717, 1.165) is 12.3 Å². The van der Waals surface area contributed by atoms with Gasteiger partial charge in [0, 0.05) is 5.92 Å². The molecule has 0 radical (unpaired) electrons. The molecular weight excluding hydrogens is 138 g/mol. The van der Waals surface area contributed by atoms with Crippen LogP contribution in [0.1, 0.15) is 19.8 Å². The van der Waals surface area contributed by atoms with Crippen LogP contribution in [0.3, 0.4) is 0 Å². The Hall–Kier alpha value is -0.550. The van der Waals surface area contributed by atoms with Gasteiger partial charge in [0.05, 0.1) is 23.7 Å². The number of epoxide rings is 1. The Morgan fingerprint density at radius 2 is 2.36 bits per heavy atom. The van der Waals surface area contributed by atoms with Crippen LogP contribution in [0.2, 0.25) is 0 Å². The zero-order valence-electron chi connectivity index (χ0n) is 6.58. The topological polar surface area (TPSA) is 36.3 Å². The molecule has 3 rings (SSSR count). The van der Waals surface area contributed by atoms with Gasteiger partial charge in [-0.05, 0) is 25.7 Å². The average molecular weight is 149 g/mol. The van der Waals surface area contributed by atoms with Gasteiger partial charge in [-0.15, -0.1) is 0 Å². The van der Waals surface area contributed by atoms with E-state index in [1.807, 2.05) is 0 Å². The highest BCUT2D eigenvalue weighted by molar-refractivity contribution is 5.20. The highest BCUT2D eigenvalue weighted by Gasteiger charge is 2.67. The van der Waals surface area contributed by atoms with Crippen LogP contribution in [-0.2, 0) is 4.74 Å². The van der Waals surface area contributed by atoms with E-state index in [2.05, 4.69) is 13.0 Å². The fourth-order valence-electron chi connectivity index (χ4n) is 3.08. The maximum absolute atomic E-state index is 8.98. The smallest absolute Gasteiger partial charge is 0.0888 e. The first-order valence-electron chi connectivity index (χ1n) is 4.31. The molecule has 0 spiro atoms. The fourth-order valence-corrected chi connectivity index (χ4v) is 3.08. The Morgan fingerprint density at radius 1 is 1.55 bits per heavy atom. The molecule has 3 aliphatic rings. The van der Waals surface area contributed by atoms with E-state index in [0.29, 0.717) is 18.1 Å². The zero-order chi connectivity index (χ0) is 7.64. The van der Waals surface area contributed by atoms with E-state index in [-0.39, 0.29) is 5.41 Å². The second-order valence-corrected chi connectivity index (χ2v) is 4.40. The molecule has 0 N–H and O–H groups in total. The van der Waals surface area contributed by atoms with Crippen LogP contribution in [0, 0.1) is 28.6 Å². The summed E-state index contributed by atoms with van der Waals surface area (Å²) >= 11 is 0. The summed E-state index contributed by atoms with van der Waals surface area (Å²) in [7, 11) is 0. The van der Waals surface area contributed by atoms with Gasteiger partial charge in [0.1, 0.15) is 0 Å². The molecular formula is C9H11NO. The van der Waals surface area contributed by atoms with Gasteiger partial charge in [-0.25, -0.2) is 0 Å². The minimum atomic E-state index is -0.0532. The van der Waals surface area contributed by atoms with Gasteiger partial charge in [0.2, 0.25) is 0 Å². The third-order valence-corrected chi connectivity index (χ3v) is 3.74. The van der Waals surface area contributed by atoms with Crippen LogP contribution in [0.5, 0.6) is 0 Å². The van der Waals surface area contributed by atoms with Crippen LogP contribution in [0.15, 0.2) is 0 Å². The monoisotopic (exact) mass is 149 g/mol. The molecule has 5 atom stereocenters. The maximum Gasteiger partial charge on any atom is 0.0888 e. The highest BCUT2D eigenvalue weighted by atomic mass is 16.6. The average Bonchev–Trinajstić information content (AvgIpc) is 2.65. The molecule has 1 heterocycles. The Kier molecular flexibility index (Phi) is 0.803. The molecule has 2 saturated carbocycles. The van der Waals surface area contributed by atoms with Gasteiger partial charge in [-0.3, -0.25) is 0 Å². The first-order valence-corrected chi connectivity index (χ1v) is 4.31. The summed E-state index contributed by atoms with van der Waals surface area (Å²) in [5.41, 5.74) is -0.0532. The standard InChI is InChI=1S/C9H11NO/c1-9(4-10)3-5-2-6(9)8-7(5)11-8/h5-8H,2-3H2,1H3/t5-,6-,7-,8+,9-/m0/s1. The fraction of sp³-hybridized carbons (Fsp3) is 0.889. The van der Waals surface area contributed by atoms with Gasteiger partial charge in [-0.1, -0.05) is 0 Å². The van der Waals surface area contributed by atoms with Crippen molar-refractivity contribution in [3.63, 3.8) is 0 Å². The Morgan fingerprint density at radius 3 is 2.91 bits per heavy atom. The van der Waals surface area contributed by atoms with Gasteiger partial charge in [0.15, 0.2) is 0 Å². The van der Waals surface area contributed by atoms with Crippen LogP contribution in [-0.4, -0.2) is 12.2 Å². The lowest BCUT2D eigenvalue weighted by molar-refractivity contribution is 0.230. The van der Waals surface area contributed by atoms with E-state index in [4.69, 9.17) is 10.00 Å². The maximum atomic E-state index is 8.98. The van der Waals surface area contributed by atoms with Crippen molar-refractivity contribution in [2.45, 2.75) is 32.0 Å². The number of fused-ring (bicyclic) bond motifs is 5. The number of hydrogen-bond donors (Lipinski definition) is 0. The van der Waals surface area contributed by atoms with E-state index in [1.54, 1.807) is 0 Å². The quantitative estimate of drug-likeness (QED) is 0.487. The lowest BCUT2D eigenvalue weighted by Crippen LogP contribution is -2.27. The summed E-state index contributed by atoms with van der Waals surface area (Å²) < 4.78 is 5.49. The summed E-state index contributed by atoms with van der Waals surface area (Å²) in [6, 6.07) is 2.45. The van der Waals surface area contributed by atoms with Gasteiger partial charge >= 0.3 is 0 Å². The van der Waals surface area contributed by atoms with Crippen molar-refractivity contribution < 1.29 is 4.74 Å². The van der Waals surface area contributed by atoms with Gasteiger partial charge < -0.3 is 4.74 Å². The molecule has 2 heteroatoms. The molecule has 0 unspecified atom stereocenters. The number of hydrogen-bond acceptors (Lipinski definition) is 2. The Labute approximate surface area is 66.1 Å². The minimum Gasteiger partial charge on any atom is -0.369 e. The molecule has 0 aromatic carbocycles. The molecule has 58 valence electrons. The van der Waals surface area contributed by atoms with Crippen LogP contribution in [0.25, 0.3) is 0 Å². The third kappa shape index (κ3) is 0.530. The minimum absolute atomic E-state index is 0.0532. The van der Waals surface area contributed by atoms with Crippen molar-refractivity contribution in [3.8, 4) is 6.07 Å². The van der Waals surface area contributed by atoms with Crippen molar-refractivity contribution in [1.29, 1.82) is 5.26 Å². The van der Waals surface area contributed by atoms with Crippen LogP contribution in [0.4, 0.5) is 0 Å². The zero-order valence-corrected chi connectivity index (χ0v) is 6.58. The molecule has 1 saturated heterocycles. The molecule has 0 aromatic heterocycles. The van der Waals surface area contributed by atoms with Crippen molar-refractivity contribution in [2.75, 3.05) is 0 Å². The number of nitrogens with zero attached hydrogens (tertiary/aromatic N) is 1. The lowest BCUT2D eigenvalue weighted by Gasteiger charge is -2.23. The molecule has 0 amide bonds. The van der Waals surface area contributed by atoms with Crippen molar-refractivity contribution in [3.05, 3.63) is 0 Å². The lowest BCUT2D eigenvalue weighted by atomic mass is 9.76. The third-order valence-electron chi connectivity index (χ3n) is 3.74. The predicted molar refractivity (Wildman–Crippen MR) is 38.6 cm³/mol. The molecule has 2 nitrogen and oxygen atoms in total. The van der Waals surface area contributed by atoms with Crippen molar-refractivity contribution in [2.24, 2.45) is 17.3 Å². The normalized spacial score (nSPS) is 64.0. The summed E-state index contributed by atoms with van der Waals surface area (Å²) in [6.45, 7) is 2.09. The summed E-state index contributed by atoms with van der Waals surface area (Å²) in [6.07, 6.45) is 3.36. The van der Waals surface area contributed by atoms with Crippen LogP contribution >= 0.6 is 0 Å². The summed E-state index contributed by atoms with van der Waals surface area (Å²) in [5.74, 6) is 1.28. The van der Waals surface area contributed by atoms with E-state index < -0.39 is 0 Å². The highest BCUT2D eigenvalue weighted by Crippen LogP contribution is 2.63. The second-order valence-electron chi connectivity index (χ2n) is 4.40. The van der Waals surface area contributed by atoms with E-state index in [9.17, 15) is 0 Å². The number of ether oxygens (including phenoxy) is 1. The predicted octanol–water partition coefficient (Wildman–Crippen LogP) is 1.32. The molecule has 2 bridgehead atoms. The SMILES string of the molecule is C[C@@]1(C#N)C[C@@H]2C[C@H]1[C@H]1O[C@@H]21. The van der Waals surface area contributed by atoms with Crippen molar-refractivity contribution in [1.82, 2.24) is 0 Å². The van der Waals surface area contributed by atoms with Crippen LogP contribution < -0.4 is 0 Å². The Balaban J connectivity index is 1.99. The van der Waals surface area contributed by atoms with E-state index in [1.165, 1.54) is 6.42 Å². The molecule has 1 aliphatic heterocycles. The molecule has 0 aromatic rings. The van der Waals surface area contributed by atoms with E-state index >= 15 is 0 Å². The van der Waals surface area contributed by atoms with Gasteiger partial charge in [-0.2, -0.15) is 5.26 Å². The number of nitriles is 1. The number of rotatable bonds is 0.